The number of rotatable bonds is 2. The van der Waals surface area contributed by atoms with E-state index in [1.807, 2.05) is 18.2 Å². The minimum Gasteiger partial charge on any atom is -0.269 e. The molecule has 14 heavy (non-hydrogen) atoms. The number of aryl methyl sites for hydroxylation is 1. The van der Waals surface area contributed by atoms with Crippen molar-refractivity contribution in [2.24, 2.45) is 0 Å². The average Bonchev–Trinajstić information content (AvgIpc) is 2.23. The SMILES string of the molecule is CCCc1cnc2ccccn2c1=O. The van der Waals surface area contributed by atoms with Crippen LogP contribution in [0, 0.1) is 0 Å². The van der Waals surface area contributed by atoms with Gasteiger partial charge in [-0.1, -0.05) is 19.4 Å². The molecule has 0 N–H and O–H groups in total. The van der Waals surface area contributed by atoms with Crippen LogP contribution in [0.25, 0.3) is 5.65 Å². The molecule has 0 aliphatic carbocycles. The smallest absolute Gasteiger partial charge is 0.261 e. The molecule has 0 aliphatic rings. The fourth-order valence-corrected chi connectivity index (χ4v) is 1.51. The van der Waals surface area contributed by atoms with Gasteiger partial charge in [0.05, 0.1) is 0 Å². The van der Waals surface area contributed by atoms with Gasteiger partial charge < -0.3 is 0 Å². The van der Waals surface area contributed by atoms with Gasteiger partial charge >= 0.3 is 0 Å². The van der Waals surface area contributed by atoms with Crippen LogP contribution in [0.4, 0.5) is 0 Å². The number of hydrogen-bond acceptors (Lipinski definition) is 2. The summed E-state index contributed by atoms with van der Waals surface area (Å²) in [5.41, 5.74) is 1.55. The van der Waals surface area contributed by atoms with E-state index in [-0.39, 0.29) is 5.56 Å². The maximum Gasteiger partial charge on any atom is 0.261 e. The van der Waals surface area contributed by atoms with Crippen molar-refractivity contribution in [3.63, 3.8) is 0 Å². The van der Waals surface area contributed by atoms with Crippen LogP contribution >= 0.6 is 0 Å². The lowest BCUT2D eigenvalue weighted by Crippen LogP contribution is -2.18. The van der Waals surface area contributed by atoms with Crippen molar-refractivity contribution in [1.82, 2.24) is 9.38 Å². The van der Waals surface area contributed by atoms with E-state index in [4.69, 9.17) is 0 Å². The Labute approximate surface area is 82.0 Å². The van der Waals surface area contributed by atoms with Crippen molar-refractivity contribution in [2.75, 3.05) is 0 Å². The van der Waals surface area contributed by atoms with Gasteiger partial charge in [-0.3, -0.25) is 9.20 Å². The van der Waals surface area contributed by atoms with Crippen LogP contribution in [0.1, 0.15) is 18.9 Å². The second-order valence-electron chi connectivity index (χ2n) is 3.27. The largest absolute Gasteiger partial charge is 0.269 e. The third-order valence-electron chi connectivity index (χ3n) is 2.20. The lowest BCUT2D eigenvalue weighted by molar-refractivity contribution is 0.874. The van der Waals surface area contributed by atoms with Crippen LogP contribution < -0.4 is 5.56 Å². The highest BCUT2D eigenvalue weighted by Gasteiger charge is 2.01. The first-order valence-corrected chi connectivity index (χ1v) is 4.78. The first-order chi connectivity index (χ1) is 6.83. The molecule has 0 atom stereocenters. The van der Waals surface area contributed by atoms with Crippen molar-refractivity contribution in [2.45, 2.75) is 19.8 Å². The van der Waals surface area contributed by atoms with E-state index in [1.165, 1.54) is 0 Å². The Morgan fingerprint density at radius 2 is 2.29 bits per heavy atom. The van der Waals surface area contributed by atoms with E-state index < -0.39 is 0 Å². The van der Waals surface area contributed by atoms with Crippen LogP contribution in [-0.4, -0.2) is 9.38 Å². The Morgan fingerprint density at radius 1 is 1.43 bits per heavy atom. The summed E-state index contributed by atoms with van der Waals surface area (Å²) in [5, 5.41) is 0. The standard InChI is InChI=1S/C11H12N2O/c1-2-5-9-8-12-10-6-3-4-7-13(10)11(9)14/h3-4,6-8H,2,5H2,1H3. The molecule has 72 valence electrons. The Hall–Kier alpha value is -1.64. The summed E-state index contributed by atoms with van der Waals surface area (Å²) in [6.07, 6.45) is 5.20. The Morgan fingerprint density at radius 3 is 3.07 bits per heavy atom. The molecule has 0 saturated heterocycles. The molecule has 0 aliphatic heterocycles. The van der Waals surface area contributed by atoms with E-state index in [9.17, 15) is 4.79 Å². The Kier molecular flexibility index (Phi) is 2.31. The highest BCUT2D eigenvalue weighted by molar-refractivity contribution is 5.37. The van der Waals surface area contributed by atoms with Crippen LogP contribution in [-0.2, 0) is 6.42 Å². The molecule has 2 rings (SSSR count). The predicted molar refractivity (Wildman–Crippen MR) is 55.5 cm³/mol. The van der Waals surface area contributed by atoms with Gasteiger partial charge in [-0.25, -0.2) is 4.98 Å². The number of pyridine rings is 1. The van der Waals surface area contributed by atoms with Gasteiger partial charge in [0.15, 0.2) is 0 Å². The van der Waals surface area contributed by atoms with Crippen LogP contribution in [0.5, 0.6) is 0 Å². The third kappa shape index (κ3) is 1.41. The monoisotopic (exact) mass is 188 g/mol. The lowest BCUT2D eigenvalue weighted by Gasteiger charge is -2.01. The minimum atomic E-state index is 0.0532. The van der Waals surface area contributed by atoms with Gasteiger partial charge in [0.25, 0.3) is 5.56 Å². The molecule has 0 unspecified atom stereocenters. The van der Waals surface area contributed by atoms with Gasteiger partial charge in [0, 0.05) is 18.0 Å². The normalized spacial score (nSPS) is 10.6. The summed E-state index contributed by atoms with van der Waals surface area (Å²) in [5.74, 6) is 0. The van der Waals surface area contributed by atoms with Crippen molar-refractivity contribution in [1.29, 1.82) is 0 Å². The van der Waals surface area contributed by atoms with Gasteiger partial charge in [-0.15, -0.1) is 0 Å². The average molecular weight is 188 g/mol. The quantitative estimate of drug-likeness (QED) is 0.718. The number of nitrogens with zero attached hydrogens (tertiary/aromatic N) is 2. The molecule has 0 bridgehead atoms. The summed E-state index contributed by atoms with van der Waals surface area (Å²) in [6, 6.07) is 5.55. The summed E-state index contributed by atoms with van der Waals surface area (Å²) in [7, 11) is 0. The summed E-state index contributed by atoms with van der Waals surface area (Å²) in [4.78, 5) is 16.1. The number of aromatic nitrogens is 2. The molecule has 2 aromatic heterocycles. The second kappa shape index (κ2) is 3.62. The zero-order chi connectivity index (χ0) is 9.97. The molecule has 3 heteroatoms. The van der Waals surface area contributed by atoms with E-state index >= 15 is 0 Å². The maximum absolute atomic E-state index is 11.8. The fraction of sp³-hybridized carbons (Fsp3) is 0.273. The molecular weight excluding hydrogens is 176 g/mol. The van der Waals surface area contributed by atoms with Crippen molar-refractivity contribution < 1.29 is 0 Å². The molecule has 2 aromatic rings. The molecule has 0 radical (unpaired) electrons. The molecule has 0 spiro atoms. The molecule has 0 amide bonds. The molecular formula is C11H12N2O. The van der Waals surface area contributed by atoms with Crippen molar-refractivity contribution in [3.8, 4) is 0 Å². The van der Waals surface area contributed by atoms with Crippen LogP contribution in [0.3, 0.4) is 0 Å². The van der Waals surface area contributed by atoms with Crippen molar-refractivity contribution in [3.05, 3.63) is 46.5 Å². The zero-order valence-electron chi connectivity index (χ0n) is 8.10. The first kappa shape index (κ1) is 8.94. The van der Waals surface area contributed by atoms with Crippen LogP contribution in [0.2, 0.25) is 0 Å². The highest BCUT2D eigenvalue weighted by atomic mass is 16.1. The number of fused-ring (bicyclic) bond motifs is 1. The van der Waals surface area contributed by atoms with E-state index in [0.717, 1.165) is 18.4 Å². The first-order valence-electron chi connectivity index (χ1n) is 4.78. The van der Waals surface area contributed by atoms with E-state index in [0.29, 0.717) is 5.65 Å². The van der Waals surface area contributed by atoms with Gasteiger partial charge in [-0.05, 0) is 18.6 Å². The molecule has 2 heterocycles. The highest BCUT2D eigenvalue weighted by Crippen LogP contribution is 1.99. The van der Waals surface area contributed by atoms with E-state index in [1.54, 1.807) is 16.8 Å². The summed E-state index contributed by atoms with van der Waals surface area (Å²) >= 11 is 0. The molecule has 3 nitrogen and oxygen atoms in total. The maximum atomic E-state index is 11.8. The van der Waals surface area contributed by atoms with Gasteiger partial charge in [0.2, 0.25) is 0 Å². The lowest BCUT2D eigenvalue weighted by atomic mass is 10.2. The molecule has 0 aromatic carbocycles. The van der Waals surface area contributed by atoms with Crippen LogP contribution in [0.15, 0.2) is 35.4 Å². The fourth-order valence-electron chi connectivity index (χ4n) is 1.51. The zero-order valence-corrected chi connectivity index (χ0v) is 8.10. The Balaban J connectivity index is 2.69. The summed E-state index contributed by atoms with van der Waals surface area (Å²) in [6.45, 7) is 2.05. The second-order valence-corrected chi connectivity index (χ2v) is 3.27. The minimum absolute atomic E-state index is 0.0532. The molecule has 0 saturated carbocycles. The predicted octanol–water partition coefficient (Wildman–Crippen LogP) is 1.65. The third-order valence-corrected chi connectivity index (χ3v) is 2.20. The van der Waals surface area contributed by atoms with E-state index in [2.05, 4.69) is 11.9 Å². The number of hydrogen-bond donors (Lipinski definition) is 0. The van der Waals surface area contributed by atoms with Crippen molar-refractivity contribution >= 4 is 5.65 Å². The molecule has 0 fully saturated rings. The van der Waals surface area contributed by atoms with Gasteiger partial charge in [-0.2, -0.15) is 0 Å². The van der Waals surface area contributed by atoms with Gasteiger partial charge in [0.1, 0.15) is 5.65 Å². The topological polar surface area (TPSA) is 34.4 Å². The Bertz CT molecular complexity index is 502. The summed E-state index contributed by atoms with van der Waals surface area (Å²) < 4.78 is 1.59.